The largest absolute Gasteiger partial charge is 0.395 e. The highest BCUT2D eigenvalue weighted by Gasteiger charge is 2.31. The number of nitrogens with one attached hydrogen (secondary N) is 1. The van der Waals surface area contributed by atoms with Crippen LogP contribution >= 0.6 is 0 Å². The molecule has 0 radical (unpaired) electrons. The van der Waals surface area contributed by atoms with Crippen molar-refractivity contribution in [3.05, 3.63) is 29.8 Å². The van der Waals surface area contributed by atoms with Crippen molar-refractivity contribution in [1.29, 1.82) is 5.26 Å². The fourth-order valence-electron chi connectivity index (χ4n) is 2.59. The van der Waals surface area contributed by atoms with Gasteiger partial charge in [-0.1, -0.05) is 6.92 Å². The van der Waals surface area contributed by atoms with Gasteiger partial charge in [0, 0.05) is 11.7 Å². The van der Waals surface area contributed by atoms with Gasteiger partial charge in [0.2, 0.25) is 5.91 Å². The summed E-state index contributed by atoms with van der Waals surface area (Å²) in [6.45, 7) is 3.31. The third kappa shape index (κ3) is 3.35. The zero-order valence-corrected chi connectivity index (χ0v) is 11.5. The van der Waals surface area contributed by atoms with E-state index in [-0.39, 0.29) is 25.1 Å². The van der Waals surface area contributed by atoms with Gasteiger partial charge in [0.15, 0.2) is 0 Å². The number of hydrogen-bond acceptors (Lipinski definition) is 4. The smallest absolute Gasteiger partial charge is 0.238 e. The minimum absolute atomic E-state index is 0.0710. The Bertz CT molecular complexity index is 507. The van der Waals surface area contributed by atoms with E-state index in [1.165, 1.54) is 0 Å². The Morgan fingerprint density at radius 1 is 1.50 bits per heavy atom. The number of carbonyl (C=O) groups excluding carboxylic acids is 1. The number of anilines is 1. The van der Waals surface area contributed by atoms with Gasteiger partial charge in [0.05, 0.1) is 24.8 Å². The van der Waals surface area contributed by atoms with E-state index in [2.05, 4.69) is 12.2 Å². The highest BCUT2D eigenvalue weighted by Crippen LogP contribution is 2.23. The van der Waals surface area contributed by atoms with Crippen LogP contribution in [0.25, 0.3) is 0 Å². The van der Waals surface area contributed by atoms with E-state index in [4.69, 9.17) is 5.26 Å². The summed E-state index contributed by atoms with van der Waals surface area (Å²) in [6.07, 6.45) is 1.01. The molecule has 5 nitrogen and oxygen atoms in total. The van der Waals surface area contributed by atoms with Crippen molar-refractivity contribution < 1.29 is 9.90 Å². The van der Waals surface area contributed by atoms with Crippen LogP contribution in [0.1, 0.15) is 18.9 Å². The Morgan fingerprint density at radius 2 is 2.20 bits per heavy atom. The highest BCUT2D eigenvalue weighted by atomic mass is 16.3. The van der Waals surface area contributed by atoms with Crippen LogP contribution < -0.4 is 5.32 Å². The Kier molecular flexibility index (Phi) is 4.72. The molecule has 2 N–H and O–H groups in total. The molecule has 1 aliphatic rings. The Balaban J connectivity index is 1.90. The first kappa shape index (κ1) is 14.5. The third-order valence-corrected chi connectivity index (χ3v) is 3.83. The molecule has 2 rings (SSSR count). The van der Waals surface area contributed by atoms with Crippen LogP contribution in [-0.2, 0) is 4.79 Å². The molecule has 1 aliphatic heterocycles. The second-order valence-corrected chi connectivity index (χ2v) is 5.22. The van der Waals surface area contributed by atoms with Crippen LogP contribution in [0.2, 0.25) is 0 Å². The summed E-state index contributed by atoms with van der Waals surface area (Å²) in [4.78, 5) is 14.0. The number of likely N-dealkylation sites (tertiary alicyclic amines) is 1. The lowest BCUT2D eigenvalue weighted by molar-refractivity contribution is -0.117. The topological polar surface area (TPSA) is 76.4 Å². The number of aliphatic hydroxyl groups is 1. The molecule has 5 heteroatoms. The summed E-state index contributed by atoms with van der Waals surface area (Å²) in [5.41, 5.74) is 1.25. The zero-order valence-electron chi connectivity index (χ0n) is 11.5. The number of benzene rings is 1. The maximum Gasteiger partial charge on any atom is 0.238 e. The molecule has 0 aromatic heterocycles. The maximum absolute atomic E-state index is 12.0. The zero-order chi connectivity index (χ0) is 14.5. The molecule has 1 heterocycles. The first-order valence-corrected chi connectivity index (χ1v) is 6.79. The van der Waals surface area contributed by atoms with E-state index in [1.807, 2.05) is 11.0 Å². The van der Waals surface area contributed by atoms with Crippen molar-refractivity contribution in [2.45, 2.75) is 19.4 Å². The van der Waals surface area contributed by atoms with Crippen LogP contribution in [0.15, 0.2) is 24.3 Å². The predicted octanol–water partition coefficient (Wildman–Crippen LogP) is 1.20. The number of carbonyl (C=O) groups is 1. The van der Waals surface area contributed by atoms with Gasteiger partial charge < -0.3 is 10.4 Å². The summed E-state index contributed by atoms with van der Waals surface area (Å²) in [5, 5.41) is 20.9. The Labute approximate surface area is 118 Å². The monoisotopic (exact) mass is 273 g/mol. The first-order chi connectivity index (χ1) is 9.63. The van der Waals surface area contributed by atoms with Crippen LogP contribution in [0.4, 0.5) is 5.69 Å². The number of rotatable bonds is 4. The minimum atomic E-state index is -0.0951. The summed E-state index contributed by atoms with van der Waals surface area (Å²) in [7, 11) is 0. The average Bonchev–Trinajstić information content (AvgIpc) is 2.79. The molecule has 0 saturated carbocycles. The molecule has 0 bridgehead atoms. The molecule has 0 spiro atoms. The van der Waals surface area contributed by atoms with Crippen molar-refractivity contribution in [2.24, 2.45) is 5.92 Å². The number of hydrogen-bond donors (Lipinski definition) is 2. The molecular formula is C15H19N3O2. The van der Waals surface area contributed by atoms with Gasteiger partial charge in [0.25, 0.3) is 0 Å². The van der Waals surface area contributed by atoms with E-state index < -0.39 is 0 Å². The van der Waals surface area contributed by atoms with Crippen molar-refractivity contribution in [3.63, 3.8) is 0 Å². The molecule has 2 atom stereocenters. The van der Waals surface area contributed by atoms with E-state index in [1.54, 1.807) is 24.3 Å². The molecule has 20 heavy (non-hydrogen) atoms. The SMILES string of the molecule is CC1CCN(CC(=O)Nc2ccc(C#N)cc2)C1CO. The lowest BCUT2D eigenvalue weighted by Crippen LogP contribution is -2.40. The minimum Gasteiger partial charge on any atom is -0.395 e. The third-order valence-electron chi connectivity index (χ3n) is 3.83. The Hall–Kier alpha value is -1.90. The Morgan fingerprint density at radius 3 is 2.80 bits per heavy atom. The summed E-state index contributed by atoms with van der Waals surface area (Å²) in [6, 6.07) is 8.88. The van der Waals surface area contributed by atoms with Crippen LogP contribution in [0, 0.1) is 17.2 Å². The van der Waals surface area contributed by atoms with Gasteiger partial charge in [-0.15, -0.1) is 0 Å². The van der Waals surface area contributed by atoms with Gasteiger partial charge in [-0.05, 0) is 43.1 Å². The highest BCUT2D eigenvalue weighted by molar-refractivity contribution is 5.92. The van der Waals surface area contributed by atoms with Gasteiger partial charge >= 0.3 is 0 Å². The lowest BCUT2D eigenvalue weighted by atomic mass is 10.0. The quantitative estimate of drug-likeness (QED) is 0.864. The first-order valence-electron chi connectivity index (χ1n) is 6.79. The van der Waals surface area contributed by atoms with Crippen molar-refractivity contribution in [2.75, 3.05) is 25.0 Å². The van der Waals surface area contributed by atoms with E-state index in [0.29, 0.717) is 17.2 Å². The molecule has 0 aliphatic carbocycles. The molecule has 106 valence electrons. The van der Waals surface area contributed by atoms with Crippen LogP contribution in [0.5, 0.6) is 0 Å². The summed E-state index contributed by atoms with van der Waals surface area (Å²) >= 11 is 0. The number of nitrogens with zero attached hydrogens (tertiary/aromatic N) is 2. The van der Waals surface area contributed by atoms with Gasteiger partial charge in [-0.25, -0.2) is 0 Å². The van der Waals surface area contributed by atoms with Crippen molar-refractivity contribution in [1.82, 2.24) is 4.90 Å². The van der Waals surface area contributed by atoms with Crippen LogP contribution in [-0.4, -0.2) is 41.7 Å². The molecule has 1 amide bonds. The van der Waals surface area contributed by atoms with E-state index in [0.717, 1.165) is 13.0 Å². The van der Waals surface area contributed by atoms with E-state index in [9.17, 15) is 9.90 Å². The van der Waals surface area contributed by atoms with Crippen molar-refractivity contribution >= 4 is 11.6 Å². The fourth-order valence-corrected chi connectivity index (χ4v) is 2.59. The average molecular weight is 273 g/mol. The van der Waals surface area contributed by atoms with Gasteiger partial charge in [0.1, 0.15) is 0 Å². The lowest BCUT2D eigenvalue weighted by Gasteiger charge is -2.24. The summed E-state index contributed by atoms with van der Waals surface area (Å²) < 4.78 is 0. The molecule has 1 aromatic carbocycles. The normalized spacial score (nSPS) is 22.4. The number of nitriles is 1. The van der Waals surface area contributed by atoms with E-state index >= 15 is 0 Å². The number of amides is 1. The van der Waals surface area contributed by atoms with Gasteiger partial charge in [-0.2, -0.15) is 5.26 Å². The predicted molar refractivity (Wildman–Crippen MR) is 76.0 cm³/mol. The fraction of sp³-hybridized carbons (Fsp3) is 0.467. The molecule has 1 saturated heterocycles. The van der Waals surface area contributed by atoms with Gasteiger partial charge in [-0.3, -0.25) is 9.69 Å². The van der Waals surface area contributed by atoms with Crippen LogP contribution in [0.3, 0.4) is 0 Å². The second-order valence-electron chi connectivity index (χ2n) is 5.22. The molecular weight excluding hydrogens is 254 g/mol. The molecule has 2 unspecified atom stereocenters. The molecule has 1 aromatic rings. The molecule has 1 fully saturated rings. The second kappa shape index (κ2) is 6.51. The van der Waals surface area contributed by atoms with Crippen molar-refractivity contribution in [3.8, 4) is 6.07 Å². The maximum atomic E-state index is 12.0. The standard InChI is InChI=1S/C15H19N3O2/c1-11-6-7-18(14(11)10-19)9-15(20)17-13-4-2-12(8-16)3-5-13/h2-5,11,14,19H,6-7,9-10H2,1H3,(H,17,20). The number of aliphatic hydroxyl groups excluding tert-OH is 1. The summed E-state index contributed by atoms with van der Waals surface area (Å²) in [5.74, 6) is 0.324.